The van der Waals surface area contributed by atoms with Crippen LogP contribution in [-0.4, -0.2) is 36.1 Å². The lowest BCUT2D eigenvalue weighted by atomic mass is 10.00. The lowest BCUT2D eigenvalue weighted by Gasteiger charge is -2.22. The van der Waals surface area contributed by atoms with Gasteiger partial charge >= 0.3 is 11.9 Å². The van der Waals surface area contributed by atoms with Gasteiger partial charge in [-0.2, -0.15) is 8.78 Å². The molecule has 2 aromatic carbocycles. The molecule has 0 amide bonds. The van der Waals surface area contributed by atoms with Gasteiger partial charge in [0.25, 0.3) is 0 Å². The van der Waals surface area contributed by atoms with E-state index in [0.29, 0.717) is 17.2 Å². The Morgan fingerprint density at radius 1 is 1.21 bits per heavy atom. The highest BCUT2D eigenvalue weighted by Crippen LogP contribution is 2.35. The number of alkyl halides is 2. The van der Waals surface area contributed by atoms with Crippen molar-refractivity contribution in [3.63, 3.8) is 0 Å². The molecule has 1 aromatic heterocycles. The molecule has 0 radical (unpaired) electrons. The van der Waals surface area contributed by atoms with Gasteiger partial charge in [0.1, 0.15) is 17.5 Å². The van der Waals surface area contributed by atoms with E-state index in [1.807, 2.05) is 37.1 Å². The number of benzene rings is 2. The molecule has 1 atom stereocenters. The van der Waals surface area contributed by atoms with Crippen molar-refractivity contribution in [2.75, 3.05) is 30.4 Å². The number of esters is 1. The van der Waals surface area contributed by atoms with Gasteiger partial charge in [0.05, 0.1) is 23.7 Å². The minimum atomic E-state index is -4.10. The summed E-state index contributed by atoms with van der Waals surface area (Å²) >= 11 is 0. The molecule has 1 heterocycles. The average Bonchev–Trinajstić information content (AvgIpc) is 2.78. The Labute approximate surface area is 190 Å². The Balaban J connectivity index is 2.01. The van der Waals surface area contributed by atoms with Gasteiger partial charge in [-0.25, -0.2) is 19.2 Å². The average molecular weight is 461 g/mol. The van der Waals surface area contributed by atoms with Crippen molar-refractivity contribution in [2.45, 2.75) is 39.7 Å². The van der Waals surface area contributed by atoms with Crippen molar-refractivity contribution >= 4 is 28.4 Å². The van der Waals surface area contributed by atoms with Gasteiger partial charge in [-0.05, 0) is 52.0 Å². The van der Waals surface area contributed by atoms with Gasteiger partial charge in [0, 0.05) is 30.2 Å². The number of carbonyl (C=O) groups excluding carboxylic acids is 1. The number of carbonyl (C=O) groups is 1. The molecule has 0 bridgehead atoms. The summed E-state index contributed by atoms with van der Waals surface area (Å²) in [7, 11) is 1.95. The molecule has 33 heavy (non-hydrogen) atoms. The fourth-order valence-corrected chi connectivity index (χ4v) is 3.50. The SMILES string of the molecule is CCOC(=O)C(F)(F)c1cccc([C@@H](C)Nc2nc(C)nc3ccc(N(C)CC)cc23)c1F. The summed E-state index contributed by atoms with van der Waals surface area (Å²) in [6.45, 7) is 7.37. The van der Waals surface area contributed by atoms with Gasteiger partial charge in [-0.3, -0.25) is 0 Å². The Hall–Kier alpha value is -3.36. The predicted octanol–water partition coefficient (Wildman–Crippen LogP) is 5.36. The first kappa shape index (κ1) is 24.3. The first-order valence-electron chi connectivity index (χ1n) is 10.7. The number of hydrogen-bond donors (Lipinski definition) is 1. The molecule has 176 valence electrons. The topological polar surface area (TPSA) is 67.3 Å². The van der Waals surface area contributed by atoms with Crippen LogP contribution >= 0.6 is 0 Å². The second kappa shape index (κ2) is 9.64. The van der Waals surface area contributed by atoms with Crippen LogP contribution < -0.4 is 10.2 Å². The van der Waals surface area contributed by atoms with E-state index in [1.54, 1.807) is 13.8 Å². The maximum absolute atomic E-state index is 15.2. The maximum Gasteiger partial charge on any atom is 0.382 e. The van der Waals surface area contributed by atoms with Gasteiger partial charge in [0.2, 0.25) is 0 Å². The third-order valence-electron chi connectivity index (χ3n) is 5.42. The van der Waals surface area contributed by atoms with Crippen LogP contribution in [0.1, 0.15) is 43.8 Å². The fraction of sp³-hybridized carbons (Fsp3) is 0.375. The van der Waals surface area contributed by atoms with Crippen molar-refractivity contribution in [3.8, 4) is 0 Å². The zero-order valence-electron chi connectivity index (χ0n) is 19.2. The summed E-state index contributed by atoms with van der Waals surface area (Å²) in [6, 6.07) is 8.59. The van der Waals surface area contributed by atoms with Crippen molar-refractivity contribution < 1.29 is 22.7 Å². The molecule has 0 saturated carbocycles. The number of halogens is 3. The van der Waals surface area contributed by atoms with Crippen LogP contribution in [0.4, 0.5) is 24.7 Å². The highest BCUT2D eigenvalue weighted by atomic mass is 19.3. The summed E-state index contributed by atoms with van der Waals surface area (Å²) < 4.78 is 48.6. The molecular formula is C24H27F3N4O2. The van der Waals surface area contributed by atoms with E-state index in [4.69, 9.17) is 0 Å². The molecule has 6 nitrogen and oxygen atoms in total. The minimum Gasteiger partial charge on any atom is -0.461 e. The molecule has 0 spiro atoms. The molecule has 0 saturated heterocycles. The van der Waals surface area contributed by atoms with Crippen LogP contribution in [0, 0.1) is 12.7 Å². The van der Waals surface area contributed by atoms with Gasteiger partial charge in [-0.1, -0.05) is 12.1 Å². The van der Waals surface area contributed by atoms with Crippen molar-refractivity contribution in [1.29, 1.82) is 0 Å². The summed E-state index contributed by atoms with van der Waals surface area (Å²) in [5.41, 5.74) is 0.606. The summed E-state index contributed by atoms with van der Waals surface area (Å²) in [4.78, 5) is 22.7. The molecule has 1 N–H and O–H groups in total. The third kappa shape index (κ3) is 4.86. The van der Waals surface area contributed by atoms with Crippen LogP contribution in [0.3, 0.4) is 0 Å². The van der Waals surface area contributed by atoms with Crippen molar-refractivity contribution in [3.05, 3.63) is 59.2 Å². The third-order valence-corrected chi connectivity index (χ3v) is 5.42. The highest BCUT2D eigenvalue weighted by Gasteiger charge is 2.45. The molecule has 0 aliphatic heterocycles. The Kier molecular flexibility index (Phi) is 7.09. The summed E-state index contributed by atoms with van der Waals surface area (Å²) in [5, 5.41) is 3.85. The van der Waals surface area contributed by atoms with Gasteiger partial charge < -0.3 is 15.0 Å². The number of aromatic nitrogens is 2. The van der Waals surface area contributed by atoms with E-state index >= 15 is 4.39 Å². The molecule has 0 fully saturated rings. The number of nitrogens with one attached hydrogen (secondary N) is 1. The number of aryl methyl sites for hydroxylation is 1. The van der Waals surface area contributed by atoms with E-state index in [-0.39, 0.29) is 12.2 Å². The Morgan fingerprint density at radius 3 is 2.61 bits per heavy atom. The lowest BCUT2D eigenvalue weighted by Crippen LogP contribution is -2.30. The maximum atomic E-state index is 15.2. The highest BCUT2D eigenvalue weighted by molar-refractivity contribution is 5.92. The van der Waals surface area contributed by atoms with Crippen LogP contribution in [0.5, 0.6) is 0 Å². The number of nitrogens with zero attached hydrogens (tertiary/aromatic N) is 3. The summed E-state index contributed by atoms with van der Waals surface area (Å²) in [6.07, 6.45) is 0. The van der Waals surface area contributed by atoms with Crippen LogP contribution in [0.25, 0.3) is 10.9 Å². The number of ether oxygens (including phenoxy) is 1. The first-order chi connectivity index (χ1) is 15.6. The zero-order valence-corrected chi connectivity index (χ0v) is 19.2. The predicted molar refractivity (Wildman–Crippen MR) is 122 cm³/mol. The quantitative estimate of drug-likeness (QED) is 0.457. The van der Waals surface area contributed by atoms with Crippen LogP contribution in [-0.2, 0) is 15.5 Å². The lowest BCUT2D eigenvalue weighted by molar-refractivity contribution is -0.173. The monoisotopic (exact) mass is 460 g/mol. The van der Waals surface area contributed by atoms with E-state index < -0.39 is 29.3 Å². The standard InChI is InChI=1S/C24H27F3N4O2/c1-6-31(5)16-11-12-20-18(13-16)22(30-15(4)29-20)28-14(3)17-9-8-10-19(21(17)25)24(26,27)23(32)33-7-2/h8-14H,6-7H2,1-5H3,(H,28,29,30)/t14-/m1/s1. The number of fused-ring (bicyclic) bond motifs is 1. The molecule has 0 aliphatic rings. The van der Waals surface area contributed by atoms with E-state index in [1.165, 1.54) is 19.1 Å². The Bertz CT molecular complexity index is 1170. The minimum absolute atomic E-state index is 0.0253. The molecule has 0 aliphatic carbocycles. The van der Waals surface area contributed by atoms with E-state index in [9.17, 15) is 13.6 Å². The van der Waals surface area contributed by atoms with Gasteiger partial charge in [0.15, 0.2) is 0 Å². The van der Waals surface area contributed by atoms with Gasteiger partial charge in [-0.15, -0.1) is 0 Å². The Morgan fingerprint density at radius 2 is 1.94 bits per heavy atom. The zero-order chi connectivity index (χ0) is 24.3. The fourth-order valence-electron chi connectivity index (χ4n) is 3.50. The largest absolute Gasteiger partial charge is 0.461 e. The molecular weight excluding hydrogens is 433 g/mol. The number of rotatable bonds is 8. The van der Waals surface area contributed by atoms with Crippen LogP contribution in [0.2, 0.25) is 0 Å². The number of anilines is 2. The van der Waals surface area contributed by atoms with Crippen LogP contribution in [0.15, 0.2) is 36.4 Å². The summed E-state index contributed by atoms with van der Waals surface area (Å²) in [5.74, 6) is -6.09. The molecule has 3 aromatic rings. The first-order valence-corrected chi connectivity index (χ1v) is 10.7. The molecule has 0 unspecified atom stereocenters. The van der Waals surface area contributed by atoms with Crippen molar-refractivity contribution in [2.24, 2.45) is 0 Å². The second-order valence-corrected chi connectivity index (χ2v) is 7.70. The second-order valence-electron chi connectivity index (χ2n) is 7.70. The van der Waals surface area contributed by atoms with E-state index in [2.05, 4.69) is 20.0 Å². The number of hydrogen-bond acceptors (Lipinski definition) is 6. The van der Waals surface area contributed by atoms with E-state index in [0.717, 1.165) is 23.7 Å². The molecule has 3 rings (SSSR count). The normalized spacial score (nSPS) is 12.5. The molecule has 9 heteroatoms. The smallest absolute Gasteiger partial charge is 0.382 e. The van der Waals surface area contributed by atoms with Crippen molar-refractivity contribution in [1.82, 2.24) is 9.97 Å².